The van der Waals surface area contributed by atoms with Crippen molar-refractivity contribution in [3.05, 3.63) is 27.7 Å². The van der Waals surface area contributed by atoms with E-state index in [4.69, 9.17) is 0 Å². The summed E-state index contributed by atoms with van der Waals surface area (Å²) in [5, 5.41) is 0. The lowest BCUT2D eigenvalue weighted by molar-refractivity contribution is 0.610. The molecule has 0 saturated heterocycles. The topological polar surface area (TPSA) is 12.9 Å². The number of rotatable bonds is 0. The Morgan fingerprint density at radius 2 is 2.10 bits per heavy atom. The summed E-state index contributed by atoms with van der Waals surface area (Å²) in [7, 11) is 0. The normalized spacial score (nSPS) is 10.0. The lowest BCUT2D eigenvalue weighted by Gasteiger charge is -1.99. The highest BCUT2D eigenvalue weighted by molar-refractivity contribution is 9.10. The quantitative estimate of drug-likeness (QED) is 0.592. The van der Waals surface area contributed by atoms with Gasteiger partial charge in [-0.15, -0.1) is 0 Å². The van der Waals surface area contributed by atoms with Gasteiger partial charge in [-0.05, 0) is 41.4 Å². The van der Waals surface area contributed by atoms with E-state index in [0.717, 1.165) is 11.3 Å². The van der Waals surface area contributed by atoms with Gasteiger partial charge in [0.15, 0.2) is 5.82 Å². The van der Waals surface area contributed by atoms with Crippen molar-refractivity contribution in [3.63, 3.8) is 0 Å². The van der Waals surface area contributed by atoms with E-state index in [9.17, 15) is 4.39 Å². The molecule has 0 bridgehead atoms. The van der Waals surface area contributed by atoms with Crippen molar-refractivity contribution in [2.24, 2.45) is 0 Å². The van der Waals surface area contributed by atoms with Crippen molar-refractivity contribution in [1.82, 2.24) is 4.98 Å². The second-order valence-corrected chi connectivity index (χ2v) is 2.91. The number of pyridine rings is 1. The highest BCUT2D eigenvalue weighted by atomic mass is 79.9. The third kappa shape index (κ3) is 1.34. The van der Waals surface area contributed by atoms with Gasteiger partial charge >= 0.3 is 0 Å². The Morgan fingerprint density at radius 3 is 2.60 bits per heavy atom. The molecule has 0 atom stereocenters. The molecule has 1 aromatic heterocycles. The Hall–Kier alpha value is -0.440. The van der Waals surface area contributed by atoms with Crippen LogP contribution in [0, 0.1) is 19.7 Å². The van der Waals surface area contributed by atoms with Gasteiger partial charge in [-0.3, -0.25) is 0 Å². The number of aryl methyl sites for hydroxylation is 2. The van der Waals surface area contributed by atoms with Gasteiger partial charge in [0, 0.05) is 5.69 Å². The molecule has 1 heterocycles. The molecule has 10 heavy (non-hydrogen) atoms. The summed E-state index contributed by atoms with van der Waals surface area (Å²) < 4.78 is 12.9. The van der Waals surface area contributed by atoms with Gasteiger partial charge in [0.2, 0.25) is 0 Å². The van der Waals surface area contributed by atoms with E-state index in [1.165, 1.54) is 6.07 Å². The second-order valence-electron chi connectivity index (χ2n) is 2.16. The van der Waals surface area contributed by atoms with Crippen LogP contribution in [-0.4, -0.2) is 4.98 Å². The molecule has 1 aromatic rings. The Labute approximate surface area is 67.4 Å². The highest BCUT2D eigenvalue weighted by Crippen LogP contribution is 2.15. The van der Waals surface area contributed by atoms with Gasteiger partial charge < -0.3 is 0 Å². The lowest BCUT2D eigenvalue weighted by Crippen LogP contribution is -1.90. The molecule has 0 aliphatic heterocycles. The maximum Gasteiger partial charge on any atom is 0.156 e. The molecule has 0 N–H and O–H groups in total. The number of nitrogens with zero attached hydrogens (tertiary/aromatic N) is 1. The zero-order valence-electron chi connectivity index (χ0n) is 5.78. The van der Waals surface area contributed by atoms with Gasteiger partial charge in [0.25, 0.3) is 0 Å². The second kappa shape index (κ2) is 2.66. The first-order chi connectivity index (χ1) is 4.61. The zero-order chi connectivity index (χ0) is 7.72. The van der Waals surface area contributed by atoms with Crippen LogP contribution in [-0.2, 0) is 0 Å². The minimum atomic E-state index is -0.303. The van der Waals surface area contributed by atoms with Gasteiger partial charge in [-0.25, -0.2) is 9.37 Å². The third-order valence-corrected chi connectivity index (χ3v) is 1.93. The van der Waals surface area contributed by atoms with Gasteiger partial charge in [0.1, 0.15) is 4.60 Å². The number of hydrogen-bond donors (Lipinski definition) is 0. The molecule has 3 heteroatoms. The minimum absolute atomic E-state index is 0.288. The van der Waals surface area contributed by atoms with Crippen LogP contribution in [0.25, 0.3) is 0 Å². The highest BCUT2D eigenvalue weighted by Gasteiger charge is 2.01. The van der Waals surface area contributed by atoms with Crippen LogP contribution in [0.15, 0.2) is 10.7 Å². The smallest absolute Gasteiger partial charge is 0.156 e. The van der Waals surface area contributed by atoms with Crippen molar-refractivity contribution < 1.29 is 4.39 Å². The fraction of sp³-hybridized carbons (Fsp3) is 0.286. The Balaban J connectivity index is 3.28. The predicted molar refractivity (Wildman–Crippen MR) is 41.4 cm³/mol. The molecular formula is C7H7BrFN. The van der Waals surface area contributed by atoms with Crippen LogP contribution < -0.4 is 0 Å². The molecule has 0 amide bonds. The van der Waals surface area contributed by atoms with E-state index in [2.05, 4.69) is 20.9 Å². The van der Waals surface area contributed by atoms with E-state index in [-0.39, 0.29) is 10.4 Å². The van der Waals surface area contributed by atoms with E-state index in [1.54, 1.807) is 0 Å². The van der Waals surface area contributed by atoms with Crippen molar-refractivity contribution in [1.29, 1.82) is 0 Å². The molecule has 0 aromatic carbocycles. The van der Waals surface area contributed by atoms with E-state index in [1.807, 2.05) is 13.8 Å². The van der Waals surface area contributed by atoms with Crippen LogP contribution in [0.4, 0.5) is 4.39 Å². The maximum absolute atomic E-state index is 12.7. The first-order valence-electron chi connectivity index (χ1n) is 2.90. The van der Waals surface area contributed by atoms with Crippen LogP contribution in [0.5, 0.6) is 0 Å². The largest absolute Gasteiger partial charge is 0.243 e. The third-order valence-electron chi connectivity index (χ3n) is 1.38. The number of aromatic nitrogens is 1. The van der Waals surface area contributed by atoms with E-state index >= 15 is 0 Å². The average Bonchev–Trinajstić information content (AvgIpc) is 1.84. The van der Waals surface area contributed by atoms with Crippen LogP contribution >= 0.6 is 15.9 Å². The van der Waals surface area contributed by atoms with E-state index < -0.39 is 0 Å². The molecule has 0 radical (unpaired) electrons. The SMILES string of the molecule is Cc1cc(F)c(Br)nc1C. The predicted octanol–water partition coefficient (Wildman–Crippen LogP) is 2.60. The average molecular weight is 204 g/mol. The Morgan fingerprint density at radius 1 is 1.50 bits per heavy atom. The van der Waals surface area contributed by atoms with Crippen molar-refractivity contribution in [3.8, 4) is 0 Å². The fourth-order valence-electron chi connectivity index (χ4n) is 0.643. The van der Waals surface area contributed by atoms with Crippen molar-refractivity contribution in [2.45, 2.75) is 13.8 Å². The molecule has 0 unspecified atom stereocenters. The fourth-order valence-corrected chi connectivity index (χ4v) is 1.02. The molecule has 1 rings (SSSR count). The van der Waals surface area contributed by atoms with Crippen LogP contribution in [0.3, 0.4) is 0 Å². The lowest BCUT2D eigenvalue weighted by atomic mass is 10.2. The molecule has 0 aliphatic rings. The van der Waals surface area contributed by atoms with Crippen LogP contribution in [0.2, 0.25) is 0 Å². The molecule has 0 aliphatic carbocycles. The van der Waals surface area contributed by atoms with Gasteiger partial charge in [0.05, 0.1) is 0 Å². The standard InChI is InChI=1S/C7H7BrFN/c1-4-3-6(9)7(8)10-5(4)2/h3H,1-2H3. The summed E-state index contributed by atoms with van der Waals surface area (Å²) in [6, 6.07) is 1.46. The first kappa shape index (κ1) is 7.66. The summed E-state index contributed by atoms with van der Waals surface area (Å²) >= 11 is 2.99. The van der Waals surface area contributed by atoms with E-state index in [0.29, 0.717) is 0 Å². The number of hydrogen-bond acceptors (Lipinski definition) is 1. The molecule has 0 spiro atoms. The number of halogens is 2. The first-order valence-corrected chi connectivity index (χ1v) is 3.70. The summed E-state index contributed by atoms with van der Waals surface area (Å²) in [6.07, 6.45) is 0. The summed E-state index contributed by atoms with van der Waals surface area (Å²) in [5.41, 5.74) is 1.73. The Kier molecular flexibility index (Phi) is 2.04. The van der Waals surface area contributed by atoms with Crippen molar-refractivity contribution >= 4 is 15.9 Å². The minimum Gasteiger partial charge on any atom is -0.243 e. The summed E-state index contributed by atoms with van der Waals surface area (Å²) in [6.45, 7) is 3.68. The van der Waals surface area contributed by atoms with Crippen LogP contribution in [0.1, 0.15) is 11.3 Å². The van der Waals surface area contributed by atoms with Gasteiger partial charge in [-0.1, -0.05) is 0 Å². The summed E-state index contributed by atoms with van der Waals surface area (Å²) in [5.74, 6) is -0.303. The molecule has 0 fully saturated rings. The molecular weight excluding hydrogens is 197 g/mol. The maximum atomic E-state index is 12.7. The molecule has 0 saturated carbocycles. The summed E-state index contributed by atoms with van der Waals surface area (Å²) in [4.78, 5) is 3.91. The zero-order valence-corrected chi connectivity index (χ0v) is 7.37. The molecule has 1 nitrogen and oxygen atoms in total. The van der Waals surface area contributed by atoms with Crippen molar-refractivity contribution in [2.75, 3.05) is 0 Å². The monoisotopic (exact) mass is 203 g/mol. The Bertz CT molecular complexity index is 210. The molecule has 54 valence electrons. The van der Waals surface area contributed by atoms with Gasteiger partial charge in [-0.2, -0.15) is 0 Å².